The van der Waals surface area contributed by atoms with Gasteiger partial charge in [0.25, 0.3) is 0 Å². The molecule has 2 heteroatoms. The quantitative estimate of drug-likeness (QED) is 0.196. The van der Waals surface area contributed by atoms with Crippen LogP contribution in [0.1, 0.15) is 133 Å². The molecule has 4 aliphatic carbocycles. The summed E-state index contributed by atoms with van der Waals surface area (Å²) in [5.41, 5.74) is 5.64. The SMILES string of the molecule is C/C=C(/C#N)C=NC.C=C(CC(C)C)C1CCC2C3CC=C4CCC(C)(C)CCC4(C)C3CCC12CC.CC. The third kappa shape index (κ3) is 7.18. The van der Waals surface area contributed by atoms with E-state index in [0.29, 0.717) is 21.8 Å². The summed E-state index contributed by atoms with van der Waals surface area (Å²) in [7, 11) is 1.64. The van der Waals surface area contributed by atoms with Crippen LogP contribution >= 0.6 is 0 Å². The lowest BCUT2D eigenvalue weighted by molar-refractivity contribution is -0.0444. The fourth-order valence-corrected chi connectivity index (χ4v) is 9.17. The van der Waals surface area contributed by atoms with Crippen LogP contribution in [0.15, 0.2) is 40.4 Å². The van der Waals surface area contributed by atoms with Gasteiger partial charge in [0.1, 0.15) is 6.07 Å². The Morgan fingerprint density at radius 3 is 2.33 bits per heavy atom. The molecular weight excluding hydrogens is 472 g/mol. The maximum atomic E-state index is 8.25. The highest BCUT2D eigenvalue weighted by Gasteiger charge is 2.59. The molecule has 6 atom stereocenters. The first-order valence-electron chi connectivity index (χ1n) is 16.3. The van der Waals surface area contributed by atoms with Crippen LogP contribution in [0.4, 0.5) is 0 Å². The number of nitrogens with zero attached hydrogens (tertiary/aromatic N) is 2. The third-order valence-electron chi connectivity index (χ3n) is 11.3. The van der Waals surface area contributed by atoms with Crippen LogP contribution in [0.3, 0.4) is 0 Å². The van der Waals surface area contributed by atoms with E-state index in [-0.39, 0.29) is 0 Å². The number of hydrogen-bond donors (Lipinski definition) is 0. The van der Waals surface area contributed by atoms with Crippen LogP contribution in [-0.2, 0) is 0 Å². The average Bonchev–Trinajstić information content (AvgIpc) is 3.26. The molecule has 0 bridgehead atoms. The second-order valence-electron chi connectivity index (χ2n) is 14.2. The van der Waals surface area contributed by atoms with Gasteiger partial charge in [0.2, 0.25) is 0 Å². The van der Waals surface area contributed by atoms with Crippen LogP contribution in [-0.4, -0.2) is 13.3 Å². The number of nitriles is 1. The van der Waals surface area contributed by atoms with Crippen LogP contribution in [0, 0.1) is 57.2 Å². The van der Waals surface area contributed by atoms with E-state index in [4.69, 9.17) is 5.26 Å². The molecule has 39 heavy (non-hydrogen) atoms. The first-order valence-corrected chi connectivity index (χ1v) is 16.3. The third-order valence-corrected chi connectivity index (χ3v) is 11.3. The standard InChI is InChI=1S/C29H48.C6H8N2.C2H6/c1-8-29-16-14-25-23(26(29)12-11-24(29)21(4)19-20(2)3)10-9-22-13-15-27(5,6)17-18-28(22,25)7;1-3-6(4-7)5-8-2;1-2/h9,20,23-26H,4,8,10-19H2,1-3,5-7H3;3,5H,1-2H3;1-2H3/b;6-3-,8-5?;. The second-order valence-corrected chi connectivity index (χ2v) is 14.2. The number of hydrogen-bond acceptors (Lipinski definition) is 2. The minimum absolute atomic E-state index is 0.490. The van der Waals surface area contributed by atoms with E-state index >= 15 is 0 Å². The molecular formula is C37H62N2. The topological polar surface area (TPSA) is 36.1 Å². The smallest absolute Gasteiger partial charge is 0.100 e. The molecule has 0 aromatic carbocycles. The summed E-state index contributed by atoms with van der Waals surface area (Å²) in [6, 6.07) is 1.96. The fraction of sp³-hybridized carbons (Fsp3) is 0.784. The van der Waals surface area contributed by atoms with Gasteiger partial charge < -0.3 is 0 Å². The molecule has 220 valence electrons. The molecule has 4 rings (SSSR count). The molecule has 0 spiro atoms. The van der Waals surface area contributed by atoms with E-state index in [0.717, 1.165) is 29.6 Å². The maximum absolute atomic E-state index is 8.25. The summed E-state index contributed by atoms with van der Waals surface area (Å²) < 4.78 is 0. The fourth-order valence-electron chi connectivity index (χ4n) is 9.17. The van der Waals surface area contributed by atoms with Crippen molar-refractivity contribution in [3.8, 4) is 6.07 Å². The minimum atomic E-state index is 0.490. The first-order chi connectivity index (χ1) is 18.5. The Bertz CT molecular complexity index is 941. The van der Waals surface area contributed by atoms with E-state index < -0.39 is 0 Å². The second kappa shape index (κ2) is 14.3. The molecule has 0 aromatic heterocycles. The van der Waals surface area contributed by atoms with Crippen molar-refractivity contribution in [3.05, 3.63) is 35.5 Å². The van der Waals surface area contributed by atoms with E-state index in [1.54, 1.807) is 25.6 Å². The Hall–Kier alpha value is -1.62. The highest BCUT2D eigenvalue weighted by Crippen LogP contribution is 2.68. The van der Waals surface area contributed by atoms with Gasteiger partial charge in [0.15, 0.2) is 0 Å². The Kier molecular flexibility index (Phi) is 12.3. The molecule has 0 radical (unpaired) electrons. The Labute approximate surface area is 243 Å². The summed E-state index contributed by atoms with van der Waals surface area (Å²) in [6.45, 7) is 25.4. The van der Waals surface area contributed by atoms with Crippen molar-refractivity contribution in [2.75, 3.05) is 7.05 Å². The van der Waals surface area contributed by atoms with Crippen LogP contribution in [0.25, 0.3) is 0 Å². The summed E-state index contributed by atoms with van der Waals surface area (Å²) >= 11 is 0. The molecule has 3 saturated carbocycles. The zero-order valence-electron chi connectivity index (χ0n) is 27.5. The van der Waals surface area contributed by atoms with E-state index in [9.17, 15) is 0 Å². The predicted molar refractivity (Wildman–Crippen MR) is 172 cm³/mol. The largest absolute Gasteiger partial charge is 0.295 e. The number of allylic oxidation sites excluding steroid dienone is 5. The van der Waals surface area contributed by atoms with Crippen molar-refractivity contribution < 1.29 is 0 Å². The molecule has 4 aliphatic rings. The molecule has 0 aromatic rings. The molecule has 0 aliphatic heterocycles. The van der Waals surface area contributed by atoms with Crippen LogP contribution in [0.2, 0.25) is 0 Å². The molecule has 0 N–H and O–H groups in total. The van der Waals surface area contributed by atoms with Gasteiger partial charge in [-0.05, 0) is 123 Å². The highest BCUT2D eigenvalue weighted by molar-refractivity contribution is 5.83. The molecule has 2 nitrogen and oxygen atoms in total. The van der Waals surface area contributed by atoms with Crippen molar-refractivity contribution in [3.63, 3.8) is 0 Å². The monoisotopic (exact) mass is 534 g/mol. The van der Waals surface area contributed by atoms with Gasteiger partial charge in [-0.1, -0.05) is 85.3 Å². The summed E-state index contributed by atoms with van der Waals surface area (Å²) in [5, 5.41) is 8.25. The number of rotatable bonds is 5. The molecule has 6 unspecified atom stereocenters. The van der Waals surface area contributed by atoms with E-state index in [2.05, 4.69) is 59.2 Å². The van der Waals surface area contributed by atoms with Crippen molar-refractivity contribution in [2.45, 2.75) is 133 Å². The van der Waals surface area contributed by atoms with Crippen LogP contribution in [0.5, 0.6) is 0 Å². The van der Waals surface area contributed by atoms with Gasteiger partial charge >= 0.3 is 0 Å². The highest BCUT2D eigenvalue weighted by atomic mass is 14.6. The maximum Gasteiger partial charge on any atom is 0.100 e. The van der Waals surface area contributed by atoms with E-state index in [1.807, 2.05) is 25.5 Å². The van der Waals surface area contributed by atoms with Gasteiger partial charge in [0.05, 0.1) is 5.57 Å². The minimum Gasteiger partial charge on any atom is -0.295 e. The number of fused-ring (bicyclic) bond motifs is 5. The molecule has 0 heterocycles. The normalized spacial score (nSPS) is 35.1. The lowest BCUT2D eigenvalue weighted by Crippen LogP contribution is -2.49. The first kappa shape index (κ1) is 33.6. The summed E-state index contributed by atoms with van der Waals surface area (Å²) in [6.07, 6.45) is 21.5. The van der Waals surface area contributed by atoms with Crippen molar-refractivity contribution in [1.82, 2.24) is 0 Å². The van der Waals surface area contributed by atoms with E-state index in [1.165, 1.54) is 76.8 Å². The zero-order chi connectivity index (χ0) is 29.4. The Morgan fingerprint density at radius 1 is 1.10 bits per heavy atom. The van der Waals surface area contributed by atoms with Crippen LogP contribution < -0.4 is 0 Å². The molecule has 3 fully saturated rings. The van der Waals surface area contributed by atoms with Gasteiger partial charge in [-0.3, -0.25) is 4.99 Å². The average molecular weight is 535 g/mol. The Morgan fingerprint density at radius 2 is 1.79 bits per heavy atom. The lowest BCUT2D eigenvalue weighted by atomic mass is 9.47. The van der Waals surface area contributed by atoms with Crippen molar-refractivity contribution >= 4 is 6.21 Å². The molecule has 0 saturated heterocycles. The predicted octanol–water partition coefficient (Wildman–Crippen LogP) is 11.2. The zero-order valence-corrected chi connectivity index (χ0v) is 27.5. The summed E-state index contributed by atoms with van der Waals surface area (Å²) in [5.74, 6) is 4.38. The Balaban J connectivity index is 0.000000460. The van der Waals surface area contributed by atoms with Crippen molar-refractivity contribution in [2.24, 2.45) is 50.8 Å². The van der Waals surface area contributed by atoms with Gasteiger partial charge in [-0.25, -0.2) is 0 Å². The van der Waals surface area contributed by atoms with Gasteiger partial charge in [0, 0.05) is 13.3 Å². The molecule has 0 amide bonds. The summed E-state index contributed by atoms with van der Waals surface area (Å²) in [4.78, 5) is 3.66. The van der Waals surface area contributed by atoms with Crippen molar-refractivity contribution in [1.29, 1.82) is 5.26 Å². The lowest BCUT2D eigenvalue weighted by Gasteiger charge is -2.57. The number of aliphatic imine (C=N–C) groups is 1. The van der Waals surface area contributed by atoms with Gasteiger partial charge in [-0.2, -0.15) is 5.26 Å². The van der Waals surface area contributed by atoms with Gasteiger partial charge in [-0.15, -0.1) is 0 Å².